The average Bonchev–Trinajstić information content (AvgIpc) is 2.56. The third-order valence-electron chi connectivity index (χ3n) is 4.56. The summed E-state index contributed by atoms with van der Waals surface area (Å²) in [4.78, 5) is 10.3. The van der Waals surface area contributed by atoms with Crippen molar-refractivity contribution in [2.75, 3.05) is 0 Å². The number of aliphatic hydroxyl groups is 1. The van der Waals surface area contributed by atoms with Crippen molar-refractivity contribution in [3.05, 3.63) is 12.2 Å². The molecule has 0 spiro atoms. The molecule has 0 aliphatic rings. The standard InChI is InChI=1S/C21H40O3/c1-2-3-4-5-6-7-8-9-10-11-12-13-14-15-16-17-20(22)18-19-21(23)24/h18-20,22H,2-17H2,1H3,(H,23,24). The molecule has 0 fully saturated rings. The van der Waals surface area contributed by atoms with Crippen LogP contribution in [0, 0.1) is 0 Å². The number of hydrogen-bond donors (Lipinski definition) is 2. The zero-order valence-corrected chi connectivity index (χ0v) is 15.8. The number of carboxylic acid groups (broad SMARTS) is 1. The Hall–Kier alpha value is -0.830. The van der Waals surface area contributed by atoms with Crippen molar-refractivity contribution < 1.29 is 15.0 Å². The Bertz CT molecular complexity index is 299. The van der Waals surface area contributed by atoms with Crippen LogP contribution >= 0.6 is 0 Å². The van der Waals surface area contributed by atoms with E-state index in [2.05, 4.69) is 6.92 Å². The summed E-state index contributed by atoms with van der Waals surface area (Å²) in [6, 6.07) is 0. The molecule has 2 N–H and O–H groups in total. The maximum Gasteiger partial charge on any atom is 0.328 e. The summed E-state index contributed by atoms with van der Waals surface area (Å²) in [7, 11) is 0. The first-order valence-electron chi connectivity index (χ1n) is 10.3. The number of hydrogen-bond acceptors (Lipinski definition) is 2. The second kappa shape index (κ2) is 18.5. The molecule has 0 rings (SSSR count). The Kier molecular flexibility index (Phi) is 17.9. The molecule has 142 valence electrons. The Morgan fingerprint density at radius 2 is 1.12 bits per heavy atom. The van der Waals surface area contributed by atoms with Gasteiger partial charge in [-0.25, -0.2) is 4.79 Å². The van der Waals surface area contributed by atoms with E-state index in [1.165, 1.54) is 89.5 Å². The van der Waals surface area contributed by atoms with Crippen molar-refractivity contribution in [1.82, 2.24) is 0 Å². The van der Waals surface area contributed by atoms with Gasteiger partial charge in [0.05, 0.1) is 6.10 Å². The lowest BCUT2D eigenvalue weighted by molar-refractivity contribution is -0.131. The number of aliphatic hydroxyl groups excluding tert-OH is 1. The van der Waals surface area contributed by atoms with Crippen molar-refractivity contribution in [3.8, 4) is 0 Å². The quantitative estimate of drug-likeness (QED) is 0.229. The first-order valence-corrected chi connectivity index (χ1v) is 10.3. The molecule has 0 heterocycles. The second-order valence-electron chi connectivity index (χ2n) is 7.00. The molecule has 24 heavy (non-hydrogen) atoms. The van der Waals surface area contributed by atoms with Crippen LogP contribution in [0.5, 0.6) is 0 Å². The molecule has 0 saturated carbocycles. The largest absolute Gasteiger partial charge is 0.478 e. The van der Waals surface area contributed by atoms with Crippen LogP contribution in [-0.4, -0.2) is 22.3 Å². The van der Waals surface area contributed by atoms with Crippen LogP contribution in [-0.2, 0) is 4.79 Å². The summed E-state index contributed by atoms with van der Waals surface area (Å²) in [5, 5.41) is 18.0. The summed E-state index contributed by atoms with van der Waals surface area (Å²) in [5.74, 6) is -0.995. The highest BCUT2D eigenvalue weighted by molar-refractivity contribution is 5.79. The Morgan fingerprint density at radius 1 is 0.750 bits per heavy atom. The van der Waals surface area contributed by atoms with E-state index in [-0.39, 0.29) is 0 Å². The van der Waals surface area contributed by atoms with Gasteiger partial charge in [0.2, 0.25) is 0 Å². The minimum Gasteiger partial charge on any atom is -0.478 e. The van der Waals surface area contributed by atoms with E-state index in [0.717, 1.165) is 18.9 Å². The van der Waals surface area contributed by atoms with Crippen LogP contribution in [0.1, 0.15) is 110 Å². The van der Waals surface area contributed by atoms with Crippen LogP contribution in [0.3, 0.4) is 0 Å². The number of carboxylic acids is 1. The zero-order valence-electron chi connectivity index (χ0n) is 15.8. The van der Waals surface area contributed by atoms with E-state index in [9.17, 15) is 9.90 Å². The summed E-state index contributed by atoms with van der Waals surface area (Å²) >= 11 is 0. The van der Waals surface area contributed by atoms with E-state index in [1.807, 2.05) is 0 Å². The lowest BCUT2D eigenvalue weighted by Crippen LogP contribution is -2.03. The fraction of sp³-hybridized carbons (Fsp3) is 0.857. The van der Waals surface area contributed by atoms with Crippen molar-refractivity contribution >= 4 is 5.97 Å². The lowest BCUT2D eigenvalue weighted by atomic mass is 10.0. The molecule has 3 nitrogen and oxygen atoms in total. The third-order valence-corrected chi connectivity index (χ3v) is 4.56. The summed E-state index contributed by atoms with van der Waals surface area (Å²) in [5.41, 5.74) is 0. The van der Waals surface area contributed by atoms with Crippen molar-refractivity contribution in [2.24, 2.45) is 0 Å². The van der Waals surface area contributed by atoms with Crippen LogP contribution in [0.4, 0.5) is 0 Å². The summed E-state index contributed by atoms with van der Waals surface area (Å²) < 4.78 is 0. The molecule has 0 radical (unpaired) electrons. The van der Waals surface area contributed by atoms with Gasteiger partial charge in [-0.2, -0.15) is 0 Å². The molecular formula is C21H40O3. The van der Waals surface area contributed by atoms with Gasteiger partial charge >= 0.3 is 5.97 Å². The van der Waals surface area contributed by atoms with Crippen LogP contribution in [0.15, 0.2) is 12.2 Å². The van der Waals surface area contributed by atoms with Gasteiger partial charge in [0.25, 0.3) is 0 Å². The Morgan fingerprint density at radius 3 is 1.50 bits per heavy atom. The number of carbonyl (C=O) groups is 1. The van der Waals surface area contributed by atoms with Gasteiger partial charge in [0, 0.05) is 6.08 Å². The fourth-order valence-corrected chi connectivity index (χ4v) is 3.01. The second-order valence-corrected chi connectivity index (χ2v) is 7.00. The van der Waals surface area contributed by atoms with Gasteiger partial charge in [-0.3, -0.25) is 0 Å². The number of rotatable bonds is 18. The molecular weight excluding hydrogens is 300 g/mol. The van der Waals surface area contributed by atoms with E-state index in [0.29, 0.717) is 6.42 Å². The molecule has 0 aliphatic carbocycles. The normalized spacial score (nSPS) is 12.8. The highest BCUT2D eigenvalue weighted by Gasteiger charge is 2.00. The zero-order chi connectivity index (χ0) is 17.9. The molecule has 3 heteroatoms. The molecule has 0 aliphatic heterocycles. The Balaban J connectivity index is 3.14. The summed E-state index contributed by atoms with van der Waals surface area (Å²) in [6.45, 7) is 2.27. The topological polar surface area (TPSA) is 57.5 Å². The first-order chi connectivity index (χ1) is 11.7. The maximum atomic E-state index is 10.3. The maximum absolute atomic E-state index is 10.3. The minimum atomic E-state index is -0.995. The van der Waals surface area contributed by atoms with Crippen LogP contribution < -0.4 is 0 Å². The van der Waals surface area contributed by atoms with Crippen molar-refractivity contribution in [1.29, 1.82) is 0 Å². The molecule has 0 amide bonds. The highest BCUT2D eigenvalue weighted by atomic mass is 16.4. The van der Waals surface area contributed by atoms with E-state index in [4.69, 9.17) is 5.11 Å². The van der Waals surface area contributed by atoms with Gasteiger partial charge in [-0.15, -0.1) is 0 Å². The monoisotopic (exact) mass is 340 g/mol. The third kappa shape index (κ3) is 19.2. The molecule has 1 unspecified atom stereocenters. The molecule has 1 atom stereocenters. The number of aliphatic carboxylic acids is 1. The average molecular weight is 341 g/mol. The molecule has 0 bridgehead atoms. The molecule has 0 aromatic rings. The molecule has 0 aromatic carbocycles. The number of unbranched alkanes of at least 4 members (excludes halogenated alkanes) is 14. The summed E-state index contributed by atoms with van der Waals surface area (Å²) in [6.07, 6.45) is 22.4. The fourth-order valence-electron chi connectivity index (χ4n) is 3.01. The van der Waals surface area contributed by atoms with E-state index < -0.39 is 12.1 Å². The van der Waals surface area contributed by atoms with E-state index >= 15 is 0 Å². The first kappa shape index (κ1) is 23.2. The van der Waals surface area contributed by atoms with Gasteiger partial charge in [-0.1, -0.05) is 103 Å². The van der Waals surface area contributed by atoms with Crippen LogP contribution in [0.25, 0.3) is 0 Å². The van der Waals surface area contributed by atoms with E-state index in [1.54, 1.807) is 0 Å². The van der Waals surface area contributed by atoms with Gasteiger partial charge in [0.15, 0.2) is 0 Å². The molecule has 0 aromatic heterocycles. The molecule has 0 saturated heterocycles. The van der Waals surface area contributed by atoms with Crippen molar-refractivity contribution in [3.63, 3.8) is 0 Å². The smallest absolute Gasteiger partial charge is 0.328 e. The lowest BCUT2D eigenvalue weighted by Gasteiger charge is -2.05. The van der Waals surface area contributed by atoms with Crippen LogP contribution in [0.2, 0.25) is 0 Å². The highest BCUT2D eigenvalue weighted by Crippen LogP contribution is 2.14. The predicted molar refractivity (Wildman–Crippen MR) is 102 cm³/mol. The predicted octanol–water partition coefficient (Wildman–Crippen LogP) is 6.25. The Labute approximate surface area is 149 Å². The minimum absolute atomic E-state index is 0.608. The van der Waals surface area contributed by atoms with Gasteiger partial charge < -0.3 is 10.2 Å². The van der Waals surface area contributed by atoms with Gasteiger partial charge in [-0.05, 0) is 12.5 Å². The van der Waals surface area contributed by atoms with Crippen molar-refractivity contribution in [2.45, 2.75) is 116 Å². The van der Waals surface area contributed by atoms with Gasteiger partial charge in [0.1, 0.15) is 0 Å². The SMILES string of the molecule is CCCCCCCCCCCCCCCCCC(O)C=CC(=O)O.